The van der Waals surface area contributed by atoms with E-state index >= 15 is 0 Å². The van der Waals surface area contributed by atoms with Gasteiger partial charge in [0.15, 0.2) is 0 Å². The molecule has 2 rings (SSSR count). The molecule has 0 bridgehead atoms. The van der Waals surface area contributed by atoms with Gasteiger partial charge in [0.1, 0.15) is 5.82 Å². The molecule has 5 heteroatoms. The molecular formula is C16H20N4O. The Hall–Kier alpha value is -2.43. The summed E-state index contributed by atoms with van der Waals surface area (Å²) in [5.41, 5.74) is 2.79. The number of hydrogen-bond acceptors (Lipinski definition) is 4. The molecule has 1 heterocycles. The highest BCUT2D eigenvalue weighted by Crippen LogP contribution is 2.08. The van der Waals surface area contributed by atoms with Gasteiger partial charge in [0.2, 0.25) is 5.91 Å². The predicted octanol–water partition coefficient (Wildman–Crippen LogP) is 2.21. The normalized spacial score (nSPS) is 10.2. The van der Waals surface area contributed by atoms with E-state index in [1.165, 1.54) is 0 Å². The number of nitrogens with one attached hydrogen (secondary N) is 2. The first-order valence-electron chi connectivity index (χ1n) is 7.00. The molecule has 0 radical (unpaired) electrons. The molecule has 1 aromatic heterocycles. The van der Waals surface area contributed by atoms with Gasteiger partial charge in [0, 0.05) is 25.7 Å². The van der Waals surface area contributed by atoms with E-state index in [-0.39, 0.29) is 5.91 Å². The monoisotopic (exact) mass is 284 g/mol. The smallest absolute Gasteiger partial charge is 0.222 e. The molecule has 0 aliphatic heterocycles. The standard InChI is InChI=1S/C16H20N4O/c1-12-10-18-13(2)16(20-12)17-9-8-15(21)19-11-14-6-4-3-5-7-14/h3-7,10H,8-9,11H2,1-2H3,(H,17,20)(H,19,21). The lowest BCUT2D eigenvalue weighted by Gasteiger charge is -2.09. The number of hydrogen-bond donors (Lipinski definition) is 2. The van der Waals surface area contributed by atoms with Crippen LogP contribution in [0, 0.1) is 13.8 Å². The van der Waals surface area contributed by atoms with Gasteiger partial charge in [-0.2, -0.15) is 0 Å². The number of aryl methyl sites for hydroxylation is 2. The van der Waals surface area contributed by atoms with Gasteiger partial charge in [-0.25, -0.2) is 4.98 Å². The van der Waals surface area contributed by atoms with E-state index in [4.69, 9.17) is 0 Å². The summed E-state index contributed by atoms with van der Waals surface area (Å²) in [6, 6.07) is 9.86. The summed E-state index contributed by atoms with van der Waals surface area (Å²) < 4.78 is 0. The maximum atomic E-state index is 11.8. The molecule has 2 aromatic rings. The average molecular weight is 284 g/mol. The van der Waals surface area contributed by atoms with Gasteiger partial charge >= 0.3 is 0 Å². The molecule has 0 saturated carbocycles. The van der Waals surface area contributed by atoms with Gasteiger partial charge in [-0.15, -0.1) is 0 Å². The summed E-state index contributed by atoms with van der Waals surface area (Å²) in [6.45, 7) is 4.89. The largest absolute Gasteiger partial charge is 0.368 e. The molecule has 0 fully saturated rings. The highest BCUT2D eigenvalue weighted by molar-refractivity contribution is 5.76. The van der Waals surface area contributed by atoms with Crippen LogP contribution in [0.15, 0.2) is 36.5 Å². The van der Waals surface area contributed by atoms with Crippen molar-refractivity contribution in [3.8, 4) is 0 Å². The van der Waals surface area contributed by atoms with Crippen molar-refractivity contribution in [2.45, 2.75) is 26.8 Å². The quantitative estimate of drug-likeness (QED) is 0.853. The van der Waals surface area contributed by atoms with Gasteiger partial charge in [-0.3, -0.25) is 9.78 Å². The van der Waals surface area contributed by atoms with Crippen molar-refractivity contribution in [2.24, 2.45) is 0 Å². The summed E-state index contributed by atoms with van der Waals surface area (Å²) in [5.74, 6) is 0.760. The Balaban J connectivity index is 1.73. The second kappa shape index (κ2) is 7.38. The van der Waals surface area contributed by atoms with Gasteiger partial charge in [0.05, 0.1) is 11.4 Å². The maximum absolute atomic E-state index is 11.8. The van der Waals surface area contributed by atoms with E-state index in [0.29, 0.717) is 19.5 Å². The number of nitrogens with zero attached hydrogens (tertiary/aromatic N) is 2. The molecule has 0 spiro atoms. The molecule has 1 amide bonds. The van der Waals surface area contributed by atoms with Crippen molar-refractivity contribution in [3.63, 3.8) is 0 Å². The van der Waals surface area contributed by atoms with Gasteiger partial charge < -0.3 is 10.6 Å². The van der Waals surface area contributed by atoms with E-state index in [2.05, 4.69) is 20.6 Å². The van der Waals surface area contributed by atoms with Gasteiger partial charge in [-0.1, -0.05) is 30.3 Å². The topological polar surface area (TPSA) is 66.9 Å². The van der Waals surface area contributed by atoms with Crippen LogP contribution in [0.3, 0.4) is 0 Å². The summed E-state index contributed by atoms with van der Waals surface area (Å²) in [4.78, 5) is 20.4. The summed E-state index contributed by atoms with van der Waals surface area (Å²) in [5, 5.41) is 6.04. The fourth-order valence-electron chi connectivity index (χ4n) is 1.88. The second-order valence-electron chi connectivity index (χ2n) is 4.88. The fourth-order valence-corrected chi connectivity index (χ4v) is 1.88. The Morgan fingerprint density at radius 1 is 1.19 bits per heavy atom. The van der Waals surface area contributed by atoms with Crippen molar-refractivity contribution in [1.29, 1.82) is 0 Å². The van der Waals surface area contributed by atoms with Crippen molar-refractivity contribution < 1.29 is 4.79 Å². The Bertz CT molecular complexity index is 598. The minimum absolute atomic E-state index is 0.0182. The van der Waals surface area contributed by atoms with Crippen LogP contribution in [-0.4, -0.2) is 22.4 Å². The third-order valence-electron chi connectivity index (χ3n) is 3.05. The molecule has 110 valence electrons. The highest BCUT2D eigenvalue weighted by atomic mass is 16.1. The molecule has 2 N–H and O–H groups in total. The predicted molar refractivity (Wildman–Crippen MR) is 82.9 cm³/mol. The first-order valence-corrected chi connectivity index (χ1v) is 7.00. The van der Waals surface area contributed by atoms with Crippen molar-refractivity contribution in [1.82, 2.24) is 15.3 Å². The lowest BCUT2D eigenvalue weighted by Crippen LogP contribution is -2.25. The van der Waals surface area contributed by atoms with E-state index < -0.39 is 0 Å². The van der Waals surface area contributed by atoms with E-state index in [1.807, 2.05) is 44.2 Å². The van der Waals surface area contributed by atoms with E-state index in [1.54, 1.807) is 6.20 Å². The molecule has 0 aliphatic rings. The number of carbonyl (C=O) groups excluding carboxylic acids is 1. The zero-order valence-corrected chi connectivity index (χ0v) is 12.4. The Kier molecular flexibility index (Phi) is 5.26. The maximum Gasteiger partial charge on any atom is 0.222 e. The average Bonchev–Trinajstić information content (AvgIpc) is 2.50. The first-order chi connectivity index (χ1) is 10.1. The molecule has 21 heavy (non-hydrogen) atoms. The minimum Gasteiger partial charge on any atom is -0.368 e. The summed E-state index contributed by atoms with van der Waals surface area (Å²) in [7, 11) is 0. The molecule has 1 aromatic carbocycles. The molecule has 0 aliphatic carbocycles. The number of aromatic nitrogens is 2. The zero-order chi connectivity index (χ0) is 15.1. The molecule has 5 nitrogen and oxygen atoms in total. The lowest BCUT2D eigenvalue weighted by atomic mass is 10.2. The Morgan fingerprint density at radius 3 is 2.71 bits per heavy atom. The fraction of sp³-hybridized carbons (Fsp3) is 0.312. The van der Waals surface area contributed by atoms with Gasteiger partial charge in [-0.05, 0) is 19.4 Å². The Labute approximate surface area is 124 Å². The van der Waals surface area contributed by atoms with Crippen LogP contribution in [0.25, 0.3) is 0 Å². The summed E-state index contributed by atoms with van der Waals surface area (Å²) in [6.07, 6.45) is 2.13. The SMILES string of the molecule is Cc1cnc(C)c(NCCC(=O)NCc2ccccc2)n1. The third-order valence-corrected chi connectivity index (χ3v) is 3.05. The Morgan fingerprint density at radius 2 is 1.95 bits per heavy atom. The number of rotatable bonds is 6. The summed E-state index contributed by atoms with van der Waals surface area (Å²) >= 11 is 0. The number of benzene rings is 1. The second-order valence-corrected chi connectivity index (χ2v) is 4.88. The molecule has 0 saturated heterocycles. The van der Waals surface area contributed by atoms with Crippen molar-refractivity contribution in [3.05, 3.63) is 53.5 Å². The van der Waals surface area contributed by atoms with Crippen LogP contribution in [0.1, 0.15) is 23.4 Å². The third kappa shape index (κ3) is 4.87. The van der Waals surface area contributed by atoms with Crippen LogP contribution in [0.4, 0.5) is 5.82 Å². The highest BCUT2D eigenvalue weighted by Gasteiger charge is 2.04. The first kappa shape index (κ1) is 15.0. The van der Waals surface area contributed by atoms with Crippen molar-refractivity contribution in [2.75, 3.05) is 11.9 Å². The number of amides is 1. The van der Waals surface area contributed by atoms with Gasteiger partial charge in [0.25, 0.3) is 0 Å². The minimum atomic E-state index is 0.0182. The van der Waals surface area contributed by atoms with E-state index in [9.17, 15) is 4.79 Å². The zero-order valence-electron chi connectivity index (χ0n) is 12.4. The van der Waals surface area contributed by atoms with Crippen LogP contribution < -0.4 is 10.6 Å². The lowest BCUT2D eigenvalue weighted by molar-refractivity contribution is -0.121. The molecule has 0 unspecified atom stereocenters. The number of anilines is 1. The van der Waals surface area contributed by atoms with Crippen LogP contribution in [-0.2, 0) is 11.3 Å². The molecule has 0 atom stereocenters. The molecular weight excluding hydrogens is 264 g/mol. The van der Waals surface area contributed by atoms with Crippen LogP contribution >= 0.6 is 0 Å². The van der Waals surface area contributed by atoms with Crippen molar-refractivity contribution >= 4 is 11.7 Å². The van der Waals surface area contributed by atoms with E-state index in [0.717, 1.165) is 22.8 Å². The number of carbonyl (C=O) groups is 1. The van der Waals surface area contributed by atoms with Crippen LogP contribution in [0.2, 0.25) is 0 Å². The van der Waals surface area contributed by atoms with Crippen LogP contribution in [0.5, 0.6) is 0 Å².